The molecule has 0 amide bonds. The van der Waals surface area contributed by atoms with Crippen LogP contribution < -0.4 is 4.90 Å². The fourth-order valence-electron chi connectivity index (χ4n) is 8.34. The topological polar surface area (TPSA) is 16.4 Å². The Balaban J connectivity index is 1.29. The number of nitrogens with zero attached hydrogens (tertiary/aromatic N) is 1. The lowest BCUT2D eigenvalue weighted by Crippen LogP contribution is -2.16. The first-order chi connectivity index (χ1) is 24.1. The van der Waals surface area contributed by atoms with Crippen molar-refractivity contribution in [3.05, 3.63) is 175 Å². The third-order valence-corrected chi connectivity index (χ3v) is 10.6. The monoisotopic (exact) mass is 627 g/mol. The standard InChI is InChI=1S/C47H33NO/c1-47(2)41-24-14-13-21-36(41)37-26-25-32(28-42(37)47)48(31-17-7-4-8-18-31)33-27-40(30-15-5-3-6-16-30)44-43(29-33)49-46-39-23-12-10-20-35(39)34-19-9-11-22-38(34)45(44)46/h3-29H,1-2H3. The highest BCUT2D eigenvalue weighted by Gasteiger charge is 2.36. The second-order valence-corrected chi connectivity index (χ2v) is 13.7. The molecule has 1 aromatic heterocycles. The second kappa shape index (κ2) is 10.4. The van der Waals surface area contributed by atoms with Gasteiger partial charge in [-0.3, -0.25) is 0 Å². The largest absolute Gasteiger partial charge is 0.455 e. The average Bonchev–Trinajstić information content (AvgIpc) is 3.65. The molecule has 0 saturated carbocycles. The van der Waals surface area contributed by atoms with Crippen LogP contribution in [-0.4, -0.2) is 0 Å². The summed E-state index contributed by atoms with van der Waals surface area (Å²) in [4.78, 5) is 2.38. The molecule has 2 heteroatoms. The van der Waals surface area contributed by atoms with E-state index in [1.807, 2.05) is 0 Å². The lowest BCUT2D eigenvalue weighted by atomic mass is 9.82. The zero-order valence-corrected chi connectivity index (χ0v) is 27.4. The smallest absolute Gasteiger partial charge is 0.143 e. The summed E-state index contributed by atoms with van der Waals surface area (Å²) in [6.45, 7) is 4.69. The average molecular weight is 628 g/mol. The van der Waals surface area contributed by atoms with Crippen molar-refractivity contribution in [2.45, 2.75) is 19.3 Å². The molecule has 0 aliphatic heterocycles. The van der Waals surface area contributed by atoms with Gasteiger partial charge in [0.1, 0.15) is 11.2 Å². The Morgan fingerprint density at radius 2 is 1.04 bits per heavy atom. The van der Waals surface area contributed by atoms with Crippen LogP contribution >= 0.6 is 0 Å². The molecule has 0 atom stereocenters. The summed E-state index contributed by atoms with van der Waals surface area (Å²) in [6.07, 6.45) is 0. The van der Waals surface area contributed by atoms with E-state index in [0.29, 0.717) is 0 Å². The maximum Gasteiger partial charge on any atom is 0.143 e. The van der Waals surface area contributed by atoms with Crippen molar-refractivity contribution < 1.29 is 4.42 Å². The zero-order chi connectivity index (χ0) is 32.7. The molecule has 8 aromatic carbocycles. The Hall–Kier alpha value is -6.12. The number of furan rings is 1. The number of hydrogen-bond donors (Lipinski definition) is 0. The van der Waals surface area contributed by atoms with Crippen LogP contribution in [0.3, 0.4) is 0 Å². The molecule has 1 aliphatic rings. The first-order valence-electron chi connectivity index (χ1n) is 17.0. The molecular weight excluding hydrogens is 595 g/mol. The highest BCUT2D eigenvalue weighted by Crippen LogP contribution is 2.52. The van der Waals surface area contributed by atoms with Crippen molar-refractivity contribution in [2.75, 3.05) is 4.90 Å². The molecule has 0 bridgehead atoms. The van der Waals surface area contributed by atoms with Crippen molar-refractivity contribution in [2.24, 2.45) is 0 Å². The predicted octanol–water partition coefficient (Wildman–Crippen LogP) is 13.3. The lowest BCUT2D eigenvalue weighted by Gasteiger charge is -2.28. The normalized spacial score (nSPS) is 13.3. The summed E-state index contributed by atoms with van der Waals surface area (Å²) in [5, 5.41) is 7.10. The number of fused-ring (bicyclic) bond motifs is 11. The number of rotatable bonds is 4. The summed E-state index contributed by atoms with van der Waals surface area (Å²) in [5.74, 6) is 0. The van der Waals surface area contributed by atoms with Crippen LogP contribution in [0.4, 0.5) is 17.1 Å². The summed E-state index contributed by atoms with van der Waals surface area (Å²) < 4.78 is 7.02. The molecule has 49 heavy (non-hydrogen) atoms. The fourth-order valence-corrected chi connectivity index (χ4v) is 8.34. The number of para-hydroxylation sites is 1. The molecule has 0 unspecified atom stereocenters. The van der Waals surface area contributed by atoms with Crippen molar-refractivity contribution in [3.63, 3.8) is 0 Å². The SMILES string of the molecule is CC1(C)c2ccccc2-c2ccc(N(c3ccccc3)c3cc(-c4ccccc4)c4c(c3)oc3c5ccccc5c5ccccc5c34)cc21. The molecule has 10 rings (SSSR count). The van der Waals surface area contributed by atoms with Crippen LogP contribution in [0.5, 0.6) is 0 Å². The third kappa shape index (κ3) is 4.07. The van der Waals surface area contributed by atoms with Gasteiger partial charge in [-0.05, 0) is 79.9 Å². The van der Waals surface area contributed by atoms with E-state index in [0.717, 1.165) is 55.5 Å². The van der Waals surface area contributed by atoms with Gasteiger partial charge in [0.25, 0.3) is 0 Å². The molecule has 1 aliphatic carbocycles. The number of benzene rings is 8. The van der Waals surface area contributed by atoms with Gasteiger partial charge in [-0.15, -0.1) is 0 Å². The molecule has 2 nitrogen and oxygen atoms in total. The van der Waals surface area contributed by atoms with Gasteiger partial charge in [0.2, 0.25) is 0 Å². The highest BCUT2D eigenvalue weighted by molar-refractivity contribution is 6.32. The van der Waals surface area contributed by atoms with Crippen LogP contribution in [0.2, 0.25) is 0 Å². The van der Waals surface area contributed by atoms with Crippen LogP contribution in [0, 0.1) is 0 Å². The Morgan fingerprint density at radius 1 is 0.429 bits per heavy atom. The minimum Gasteiger partial charge on any atom is -0.455 e. The Kier molecular flexibility index (Phi) is 5.95. The van der Waals surface area contributed by atoms with E-state index in [4.69, 9.17) is 4.42 Å². The van der Waals surface area contributed by atoms with E-state index >= 15 is 0 Å². The molecule has 232 valence electrons. The summed E-state index contributed by atoms with van der Waals surface area (Å²) >= 11 is 0. The van der Waals surface area contributed by atoms with E-state index < -0.39 is 0 Å². The number of anilines is 3. The fraction of sp³-hybridized carbons (Fsp3) is 0.0638. The Labute approximate surface area is 285 Å². The minimum atomic E-state index is -0.107. The van der Waals surface area contributed by atoms with Gasteiger partial charge in [-0.1, -0.05) is 141 Å². The molecule has 0 saturated heterocycles. The minimum absolute atomic E-state index is 0.107. The maximum atomic E-state index is 7.02. The molecule has 0 radical (unpaired) electrons. The predicted molar refractivity (Wildman–Crippen MR) is 206 cm³/mol. The number of hydrogen-bond acceptors (Lipinski definition) is 2. The van der Waals surface area contributed by atoms with Gasteiger partial charge < -0.3 is 9.32 Å². The van der Waals surface area contributed by atoms with Gasteiger partial charge >= 0.3 is 0 Å². The molecule has 1 heterocycles. The molecule has 0 spiro atoms. The second-order valence-electron chi connectivity index (χ2n) is 13.7. The van der Waals surface area contributed by atoms with E-state index in [-0.39, 0.29) is 5.41 Å². The summed E-state index contributed by atoms with van der Waals surface area (Å²) in [7, 11) is 0. The van der Waals surface area contributed by atoms with Crippen molar-refractivity contribution in [1.29, 1.82) is 0 Å². The van der Waals surface area contributed by atoms with Crippen molar-refractivity contribution in [3.8, 4) is 22.3 Å². The summed E-state index contributed by atoms with van der Waals surface area (Å²) in [5.41, 5.74) is 12.7. The van der Waals surface area contributed by atoms with Crippen LogP contribution in [-0.2, 0) is 5.41 Å². The first kappa shape index (κ1) is 27.9. The lowest BCUT2D eigenvalue weighted by molar-refractivity contribution is 0.660. The van der Waals surface area contributed by atoms with Crippen molar-refractivity contribution in [1.82, 2.24) is 0 Å². The Bertz CT molecular complexity index is 2740. The van der Waals surface area contributed by atoms with E-state index in [9.17, 15) is 0 Å². The maximum absolute atomic E-state index is 7.02. The zero-order valence-electron chi connectivity index (χ0n) is 27.4. The molecule has 0 N–H and O–H groups in total. The van der Waals surface area contributed by atoms with E-state index in [2.05, 4.69) is 183 Å². The van der Waals surface area contributed by atoms with Gasteiger partial charge in [-0.2, -0.15) is 0 Å². The molecule has 9 aromatic rings. The van der Waals surface area contributed by atoms with E-state index in [1.165, 1.54) is 38.4 Å². The van der Waals surface area contributed by atoms with Crippen molar-refractivity contribution >= 4 is 60.5 Å². The van der Waals surface area contributed by atoms with Gasteiger partial charge in [0, 0.05) is 39.0 Å². The molecule has 0 fully saturated rings. The summed E-state index contributed by atoms with van der Waals surface area (Å²) in [6, 6.07) is 59.2. The first-order valence-corrected chi connectivity index (χ1v) is 17.0. The van der Waals surface area contributed by atoms with E-state index in [1.54, 1.807) is 0 Å². The van der Waals surface area contributed by atoms with Gasteiger partial charge in [0.15, 0.2) is 0 Å². The van der Waals surface area contributed by atoms with Gasteiger partial charge in [0.05, 0.1) is 5.69 Å². The third-order valence-electron chi connectivity index (χ3n) is 10.6. The van der Waals surface area contributed by atoms with Gasteiger partial charge in [-0.25, -0.2) is 0 Å². The molecular formula is C47H33NO. The highest BCUT2D eigenvalue weighted by atomic mass is 16.3. The van der Waals surface area contributed by atoms with Crippen LogP contribution in [0.25, 0.3) is 65.7 Å². The van der Waals surface area contributed by atoms with Crippen LogP contribution in [0.15, 0.2) is 168 Å². The van der Waals surface area contributed by atoms with Crippen LogP contribution in [0.1, 0.15) is 25.0 Å². The quantitative estimate of drug-likeness (QED) is 0.181. The Morgan fingerprint density at radius 3 is 1.82 bits per heavy atom.